The van der Waals surface area contributed by atoms with Gasteiger partial charge in [-0.05, 0) is 25.8 Å². The van der Waals surface area contributed by atoms with Gasteiger partial charge in [-0.25, -0.2) is 0 Å². The Kier molecular flexibility index (Phi) is 27.2. The van der Waals surface area contributed by atoms with Crippen LogP contribution < -0.4 is 22.3 Å². The maximum absolute atomic E-state index is 11.4. The van der Waals surface area contributed by atoms with Gasteiger partial charge in [0.1, 0.15) is 12.1 Å². The van der Waals surface area contributed by atoms with E-state index in [0.29, 0.717) is 19.6 Å². The van der Waals surface area contributed by atoms with Gasteiger partial charge in [-0.2, -0.15) is 0 Å². The zero-order valence-electron chi connectivity index (χ0n) is 22.0. The lowest BCUT2D eigenvalue weighted by atomic mass is 10.0. The average Bonchev–Trinajstić information content (AvgIpc) is 2.81. The lowest BCUT2D eigenvalue weighted by Crippen LogP contribution is -2.38. The molecule has 0 heterocycles. The summed E-state index contributed by atoms with van der Waals surface area (Å²) in [5.41, 5.74) is 15.8. The van der Waals surface area contributed by atoms with Crippen molar-refractivity contribution in [3.05, 3.63) is 0 Å². The molecule has 2 unspecified atom stereocenters. The van der Waals surface area contributed by atoms with Crippen molar-refractivity contribution in [3.8, 4) is 0 Å². The SMILES string of the molecule is CCCCCCCCCCCCCCCCOC(=O)C(N)CC(=O)[O-].NCCCCC(N)C(=O)O. The molecule has 35 heavy (non-hydrogen) atoms. The Morgan fingerprint density at radius 1 is 0.743 bits per heavy atom. The van der Waals surface area contributed by atoms with Crippen molar-refractivity contribution >= 4 is 17.9 Å². The van der Waals surface area contributed by atoms with Crippen molar-refractivity contribution in [1.29, 1.82) is 0 Å². The first kappa shape index (κ1) is 35.5. The highest BCUT2D eigenvalue weighted by Gasteiger charge is 2.14. The number of carbonyl (C=O) groups is 3. The number of rotatable bonds is 23. The van der Waals surface area contributed by atoms with Gasteiger partial charge in [-0.1, -0.05) is 96.8 Å². The molecule has 0 aromatic carbocycles. The van der Waals surface area contributed by atoms with Crippen molar-refractivity contribution in [2.45, 2.75) is 135 Å². The lowest BCUT2D eigenvalue weighted by Gasteiger charge is -2.11. The quantitative estimate of drug-likeness (QED) is 0.120. The van der Waals surface area contributed by atoms with Crippen LogP contribution in [-0.4, -0.2) is 48.2 Å². The Balaban J connectivity index is 0. The summed E-state index contributed by atoms with van der Waals surface area (Å²) in [7, 11) is 0. The first-order valence-electron chi connectivity index (χ1n) is 13.6. The molecule has 9 heteroatoms. The minimum Gasteiger partial charge on any atom is -0.550 e. The number of carboxylic acids is 2. The van der Waals surface area contributed by atoms with Crippen molar-refractivity contribution in [2.75, 3.05) is 13.2 Å². The highest BCUT2D eigenvalue weighted by molar-refractivity contribution is 5.81. The summed E-state index contributed by atoms with van der Waals surface area (Å²) < 4.78 is 4.96. The number of unbranched alkanes of at least 4 members (excludes halogenated alkanes) is 14. The molecular weight excluding hydrogens is 450 g/mol. The number of esters is 1. The van der Waals surface area contributed by atoms with E-state index in [0.717, 1.165) is 32.1 Å². The van der Waals surface area contributed by atoms with Crippen LogP contribution in [0.4, 0.5) is 0 Å². The first-order valence-corrected chi connectivity index (χ1v) is 13.6. The van der Waals surface area contributed by atoms with Crippen LogP contribution in [0.2, 0.25) is 0 Å². The van der Waals surface area contributed by atoms with Gasteiger partial charge in [0.15, 0.2) is 0 Å². The molecular formula is C26H52N3O6-. The molecule has 0 aliphatic carbocycles. The van der Waals surface area contributed by atoms with Crippen molar-refractivity contribution in [1.82, 2.24) is 0 Å². The van der Waals surface area contributed by atoms with E-state index in [9.17, 15) is 19.5 Å². The zero-order chi connectivity index (χ0) is 26.7. The lowest BCUT2D eigenvalue weighted by molar-refractivity contribution is -0.306. The highest BCUT2D eigenvalue weighted by atomic mass is 16.5. The van der Waals surface area contributed by atoms with Crippen LogP contribution in [0, 0.1) is 0 Å². The number of carbonyl (C=O) groups excluding carboxylic acids is 2. The summed E-state index contributed by atoms with van der Waals surface area (Å²) in [4.78, 5) is 31.8. The topological polar surface area (TPSA) is 182 Å². The third-order valence-corrected chi connectivity index (χ3v) is 5.72. The van der Waals surface area contributed by atoms with E-state index in [2.05, 4.69) is 6.92 Å². The van der Waals surface area contributed by atoms with Crippen LogP contribution in [0.1, 0.15) is 122 Å². The Labute approximate surface area is 212 Å². The number of aliphatic carboxylic acids is 2. The Hall–Kier alpha value is -1.71. The van der Waals surface area contributed by atoms with Crippen LogP contribution in [0.3, 0.4) is 0 Å². The molecule has 208 valence electrons. The summed E-state index contributed by atoms with van der Waals surface area (Å²) in [5.74, 6) is -2.92. The van der Waals surface area contributed by atoms with E-state index >= 15 is 0 Å². The number of carboxylic acid groups (broad SMARTS) is 2. The van der Waals surface area contributed by atoms with Gasteiger partial charge in [0.05, 0.1) is 6.61 Å². The largest absolute Gasteiger partial charge is 0.550 e. The van der Waals surface area contributed by atoms with Gasteiger partial charge in [0.25, 0.3) is 0 Å². The monoisotopic (exact) mass is 502 g/mol. The molecule has 0 rings (SSSR count). The second-order valence-electron chi connectivity index (χ2n) is 9.18. The molecule has 7 N–H and O–H groups in total. The van der Waals surface area contributed by atoms with Gasteiger partial charge in [0.2, 0.25) is 0 Å². The molecule has 0 saturated carbocycles. The van der Waals surface area contributed by atoms with Gasteiger partial charge in [-0.3, -0.25) is 9.59 Å². The van der Waals surface area contributed by atoms with Gasteiger partial charge in [-0.15, -0.1) is 0 Å². The fraction of sp³-hybridized carbons (Fsp3) is 0.885. The third-order valence-electron chi connectivity index (χ3n) is 5.72. The summed E-state index contributed by atoms with van der Waals surface area (Å²) >= 11 is 0. The van der Waals surface area contributed by atoms with Crippen LogP contribution in [0.25, 0.3) is 0 Å². The molecule has 0 aliphatic rings. The van der Waals surface area contributed by atoms with E-state index < -0.39 is 36.4 Å². The molecule has 0 saturated heterocycles. The fourth-order valence-electron chi connectivity index (χ4n) is 3.47. The van der Waals surface area contributed by atoms with E-state index in [4.69, 9.17) is 27.0 Å². The molecule has 0 radical (unpaired) electrons. The van der Waals surface area contributed by atoms with Crippen molar-refractivity contribution in [2.24, 2.45) is 17.2 Å². The van der Waals surface area contributed by atoms with E-state index in [1.54, 1.807) is 0 Å². The molecule has 0 fully saturated rings. The van der Waals surface area contributed by atoms with Gasteiger partial charge in [0, 0.05) is 12.4 Å². The van der Waals surface area contributed by atoms with Gasteiger partial charge < -0.3 is 36.9 Å². The second kappa shape index (κ2) is 26.9. The average molecular weight is 503 g/mol. The molecule has 0 amide bonds. The smallest absolute Gasteiger partial charge is 0.323 e. The van der Waals surface area contributed by atoms with E-state index in [-0.39, 0.29) is 0 Å². The van der Waals surface area contributed by atoms with Crippen LogP contribution in [0.15, 0.2) is 0 Å². The summed E-state index contributed by atoms with van der Waals surface area (Å²) in [5, 5.41) is 18.7. The first-order chi connectivity index (χ1) is 16.8. The minimum absolute atomic E-state index is 0.317. The summed E-state index contributed by atoms with van der Waals surface area (Å²) in [6, 6.07) is -1.83. The third kappa shape index (κ3) is 28.4. The molecule has 2 atom stereocenters. The highest BCUT2D eigenvalue weighted by Crippen LogP contribution is 2.13. The molecule has 0 aliphatic heterocycles. The minimum atomic E-state index is -1.33. The number of hydrogen-bond acceptors (Lipinski definition) is 8. The number of nitrogens with two attached hydrogens (primary N) is 3. The van der Waals surface area contributed by atoms with E-state index in [1.807, 2.05) is 0 Å². The maximum atomic E-state index is 11.4. The zero-order valence-corrected chi connectivity index (χ0v) is 22.0. The van der Waals surface area contributed by atoms with Crippen molar-refractivity contribution in [3.63, 3.8) is 0 Å². The normalized spacial score (nSPS) is 12.3. The predicted octanol–water partition coefficient (Wildman–Crippen LogP) is 3.01. The van der Waals surface area contributed by atoms with Crippen LogP contribution in [0.5, 0.6) is 0 Å². The second-order valence-corrected chi connectivity index (χ2v) is 9.18. The molecule has 0 spiro atoms. The Bertz CT molecular complexity index is 519. The summed E-state index contributed by atoms with van der Waals surface area (Å²) in [6.45, 7) is 3.17. The standard InChI is InChI=1S/C20H39NO4.C6H14N2O2/c1-2-3-4-5-6-7-8-9-10-11-12-13-14-15-16-25-20(24)18(21)17-19(22)23;7-4-2-1-3-5(8)6(9)10/h18H,2-17,21H2,1H3,(H,22,23);5H,1-4,7-8H2,(H,9,10)/p-1. The van der Waals surface area contributed by atoms with Gasteiger partial charge >= 0.3 is 11.9 Å². The van der Waals surface area contributed by atoms with E-state index in [1.165, 1.54) is 70.6 Å². The molecule has 0 bridgehead atoms. The van der Waals surface area contributed by atoms with Crippen LogP contribution >= 0.6 is 0 Å². The van der Waals surface area contributed by atoms with Crippen molar-refractivity contribution < 1.29 is 29.3 Å². The number of hydrogen-bond donors (Lipinski definition) is 4. The maximum Gasteiger partial charge on any atom is 0.323 e. The molecule has 0 aromatic heterocycles. The predicted molar refractivity (Wildman–Crippen MR) is 137 cm³/mol. The Morgan fingerprint density at radius 2 is 1.20 bits per heavy atom. The number of ether oxygens (including phenoxy) is 1. The fourth-order valence-corrected chi connectivity index (χ4v) is 3.47. The molecule has 0 aromatic rings. The Morgan fingerprint density at radius 3 is 1.60 bits per heavy atom. The summed E-state index contributed by atoms with van der Waals surface area (Å²) in [6.07, 6.45) is 19.5. The van der Waals surface area contributed by atoms with Crippen LogP contribution in [-0.2, 0) is 19.1 Å². The molecule has 9 nitrogen and oxygen atoms in total.